The molecule has 1 aromatic rings. The molecule has 0 aromatic heterocycles. The first-order chi connectivity index (χ1) is 8.02. The molecule has 0 saturated heterocycles. The van der Waals surface area contributed by atoms with Crippen molar-refractivity contribution in [1.29, 1.82) is 0 Å². The summed E-state index contributed by atoms with van der Waals surface area (Å²) in [7, 11) is 1.96. The van der Waals surface area contributed by atoms with Gasteiger partial charge in [-0.05, 0) is 44.1 Å². The first-order valence-corrected chi connectivity index (χ1v) is 5.85. The molecule has 0 amide bonds. The number of halogens is 2. The molecule has 2 nitrogen and oxygen atoms in total. The molecule has 0 saturated carbocycles. The third-order valence-corrected chi connectivity index (χ3v) is 2.66. The van der Waals surface area contributed by atoms with Crippen LogP contribution in [0.2, 0.25) is 0 Å². The molecule has 0 bridgehead atoms. The van der Waals surface area contributed by atoms with Crippen LogP contribution in [-0.4, -0.2) is 30.1 Å². The number of hydrogen-bond acceptors (Lipinski definition) is 2. The van der Waals surface area contributed by atoms with Crippen LogP contribution in [-0.2, 0) is 0 Å². The van der Waals surface area contributed by atoms with Gasteiger partial charge in [0.2, 0.25) is 0 Å². The average molecular weight is 243 g/mol. The minimum absolute atomic E-state index is 0.299. The summed E-state index contributed by atoms with van der Waals surface area (Å²) in [5.74, 6) is -1.30. The van der Waals surface area contributed by atoms with Crippen molar-refractivity contribution in [1.82, 2.24) is 4.90 Å². The van der Waals surface area contributed by atoms with Gasteiger partial charge in [0, 0.05) is 12.6 Å². The molecule has 1 aromatic carbocycles. The molecule has 1 N–H and O–H groups in total. The molecule has 0 aliphatic carbocycles. The molecular formula is C13H19F2NO. The standard InChI is InChI=1S/C13H19F2NO/c1-3-5-16(2)6-4-13(17)10-7-11(14)9-12(15)8-10/h7-9,13,17H,3-6H2,1-2H3. The van der Waals surface area contributed by atoms with Crippen LogP contribution in [0.4, 0.5) is 8.78 Å². The lowest BCUT2D eigenvalue weighted by Crippen LogP contribution is -2.22. The monoisotopic (exact) mass is 243 g/mol. The molecule has 0 spiro atoms. The predicted octanol–water partition coefficient (Wildman–Crippen LogP) is 2.73. The van der Waals surface area contributed by atoms with Gasteiger partial charge in [-0.1, -0.05) is 6.92 Å². The Hall–Kier alpha value is -1.00. The zero-order valence-corrected chi connectivity index (χ0v) is 10.3. The fraction of sp³-hybridized carbons (Fsp3) is 0.538. The lowest BCUT2D eigenvalue weighted by atomic mass is 10.1. The molecule has 0 heterocycles. The van der Waals surface area contributed by atoms with Crippen molar-refractivity contribution in [2.24, 2.45) is 0 Å². The van der Waals surface area contributed by atoms with Crippen molar-refractivity contribution in [3.05, 3.63) is 35.4 Å². The van der Waals surface area contributed by atoms with Gasteiger partial charge in [-0.15, -0.1) is 0 Å². The minimum Gasteiger partial charge on any atom is -0.388 e. The smallest absolute Gasteiger partial charge is 0.126 e. The third kappa shape index (κ3) is 4.79. The second-order valence-electron chi connectivity index (χ2n) is 4.31. The summed E-state index contributed by atoms with van der Waals surface area (Å²) in [5, 5.41) is 9.83. The van der Waals surface area contributed by atoms with E-state index in [1.54, 1.807) is 0 Å². The normalized spacial score (nSPS) is 13.1. The maximum absolute atomic E-state index is 12.9. The number of hydrogen-bond donors (Lipinski definition) is 1. The van der Waals surface area contributed by atoms with Crippen LogP contribution in [0.3, 0.4) is 0 Å². The van der Waals surface area contributed by atoms with Gasteiger partial charge in [-0.2, -0.15) is 0 Å². The van der Waals surface area contributed by atoms with Crippen molar-refractivity contribution >= 4 is 0 Å². The Kier molecular flexibility index (Phi) is 5.51. The Labute approximate surface area is 101 Å². The van der Waals surface area contributed by atoms with Crippen molar-refractivity contribution in [3.8, 4) is 0 Å². The molecule has 0 fully saturated rings. The van der Waals surface area contributed by atoms with E-state index in [0.717, 1.165) is 19.0 Å². The van der Waals surface area contributed by atoms with Crippen molar-refractivity contribution in [2.75, 3.05) is 20.1 Å². The zero-order chi connectivity index (χ0) is 12.8. The molecule has 17 heavy (non-hydrogen) atoms. The number of rotatable bonds is 6. The molecule has 4 heteroatoms. The van der Waals surface area contributed by atoms with Gasteiger partial charge in [-0.3, -0.25) is 0 Å². The Balaban J connectivity index is 2.54. The number of aliphatic hydroxyl groups is 1. The van der Waals surface area contributed by atoms with Gasteiger partial charge < -0.3 is 10.0 Å². The highest BCUT2D eigenvalue weighted by atomic mass is 19.1. The topological polar surface area (TPSA) is 23.5 Å². The zero-order valence-electron chi connectivity index (χ0n) is 10.3. The SMILES string of the molecule is CCCN(C)CCC(O)c1cc(F)cc(F)c1. The van der Waals surface area contributed by atoms with Gasteiger partial charge in [0.05, 0.1) is 6.10 Å². The molecule has 96 valence electrons. The molecule has 1 atom stereocenters. The van der Waals surface area contributed by atoms with Crippen LogP contribution in [0.15, 0.2) is 18.2 Å². The molecule has 0 radical (unpaired) electrons. The van der Waals surface area contributed by atoms with Crippen LogP contribution in [0.5, 0.6) is 0 Å². The highest BCUT2D eigenvalue weighted by Gasteiger charge is 2.11. The minimum atomic E-state index is -0.820. The van der Waals surface area contributed by atoms with Gasteiger partial charge in [0.1, 0.15) is 11.6 Å². The molecule has 0 aliphatic heterocycles. The maximum atomic E-state index is 12.9. The van der Waals surface area contributed by atoms with E-state index in [-0.39, 0.29) is 0 Å². The fourth-order valence-corrected chi connectivity index (χ4v) is 1.77. The van der Waals surface area contributed by atoms with Gasteiger partial charge >= 0.3 is 0 Å². The highest BCUT2D eigenvalue weighted by Crippen LogP contribution is 2.19. The number of nitrogens with zero attached hydrogens (tertiary/aromatic N) is 1. The number of aliphatic hydroxyl groups excluding tert-OH is 1. The van der Waals surface area contributed by atoms with Gasteiger partial charge in [-0.25, -0.2) is 8.78 Å². The van der Waals surface area contributed by atoms with Crippen LogP contribution < -0.4 is 0 Å². The Bertz CT molecular complexity index is 337. The predicted molar refractivity (Wildman–Crippen MR) is 63.7 cm³/mol. The van der Waals surface area contributed by atoms with Crippen LogP contribution in [0.25, 0.3) is 0 Å². The van der Waals surface area contributed by atoms with Crippen LogP contribution in [0.1, 0.15) is 31.4 Å². The van der Waals surface area contributed by atoms with E-state index in [0.29, 0.717) is 18.5 Å². The third-order valence-electron chi connectivity index (χ3n) is 2.66. The van der Waals surface area contributed by atoms with Gasteiger partial charge in [0.15, 0.2) is 0 Å². The summed E-state index contributed by atoms with van der Waals surface area (Å²) in [6, 6.07) is 3.15. The summed E-state index contributed by atoms with van der Waals surface area (Å²) in [6.45, 7) is 3.73. The molecule has 1 rings (SSSR count). The Morgan fingerprint density at radius 2 is 1.76 bits per heavy atom. The summed E-state index contributed by atoms with van der Waals surface area (Å²) in [4.78, 5) is 2.08. The first-order valence-electron chi connectivity index (χ1n) is 5.85. The lowest BCUT2D eigenvalue weighted by Gasteiger charge is -2.18. The van der Waals surface area contributed by atoms with E-state index in [9.17, 15) is 13.9 Å². The van der Waals surface area contributed by atoms with Gasteiger partial charge in [0.25, 0.3) is 0 Å². The van der Waals surface area contributed by atoms with E-state index in [4.69, 9.17) is 0 Å². The summed E-state index contributed by atoms with van der Waals surface area (Å²) < 4.78 is 25.9. The maximum Gasteiger partial charge on any atom is 0.126 e. The Morgan fingerprint density at radius 1 is 1.18 bits per heavy atom. The fourth-order valence-electron chi connectivity index (χ4n) is 1.77. The van der Waals surface area contributed by atoms with Crippen molar-refractivity contribution < 1.29 is 13.9 Å². The molecule has 0 aliphatic rings. The molecular weight excluding hydrogens is 224 g/mol. The number of benzene rings is 1. The Morgan fingerprint density at radius 3 is 2.29 bits per heavy atom. The average Bonchev–Trinajstić information content (AvgIpc) is 2.25. The van der Waals surface area contributed by atoms with E-state index >= 15 is 0 Å². The largest absolute Gasteiger partial charge is 0.388 e. The quantitative estimate of drug-likeness (QED) is 0.830. The van der Waals surface area contributed by atoms with E-state index < -0.39 is 17.7 Å². The lowest BCUT2D eigenvalue weighted by molar-refractivity contribution is 0.148. The van der Waals surface area contributed by atoms with Crippen LogP contribution >= 0.6 is 0 Å². The van der Waals surface area contributed by atoms with E-state index in [1.165, 1.54) is 12.1 Å². The van der Waals surface area contributed by atoms with E-state index in [1.807, 2.05) is 7.05 Å². The van der Waals surface area contributed by atoms with E-state index in [2.05, 4.69) is 11.8 Å². The summed E-state index contributed by atoms with van der Waals surface area (Å²) >= 11 is 0. The van der Waals surface area contributed by atoms with Crippen LogP contribution in [0, 0.1) is 11.6 Å². The summed E-state index contributed by atoms with van der Waals surface area (Å²) in [6.07, 6.45) is 0.695. The van der Waals surface area contributed by atoms with Crippen molar-refractivity contribution in [2.45, 2.75) is 25.9 Å². The first kappa shape index (κ1) is 14.1. The summed E-state index contributed by atoms with van der Waals surface area (Å²) in [5.41, 5.74) is 0.299. The second kappa shape index (κ2) is 6.67. The molecule has 1 unspecified atom stereocenters. The van der Waals surface area contributed by atoms with Crippen molar-refractivity contribution in [3.63, 3.8) is 0 Å². The highest BCUT2D eigenvalue weighted by molar-refractivity contribution is 5.20. The second-order valence-corrected chi connectivity index (χ2v) is 4.31.